The number of ketones is 1. The third-order valence-electron chi connectivity index (χ3n) is 15.0. The summed E-state index contributed by atoms with van der Waals surface area (Å²) >= 11 is 0. The smallest absolute Gasteiger partial charge is 0.497 e. The van der Waals surface area contributed by atoms with Gasteiger partial charge in [0.25, 0.3) is 16.7 Å². The van der Waals surface area contributed by atoms with Gasteiger partial charge in [0.1, 0.15) is 57.7 Å². The first-order chi connectivity index (χ1) is 46.3. The highest BCUT2D eigenvalue weighted by molar-refractivity contribution is 5.94. The summed E-state index contributed by atoms with van der Waals surface area (Å²) in [6.45, 7) is 2.12. The van der Waals surface area contributed by atoms with E-state index < -0.39 is 70.4 Å². The van der Waals surface area contributed by atoms with E-state index in [9.17, 15) is 64.7 Å². The Balaban J connectivity index is 0.000000197. The summed E-state index contributed by atoms with van der Waals surface area (Å²) in [4.78, 5) is 103. The Labute approximate surface area is 553 Å². The van der Waals surface area contributed by atoms with Gasteiger partial charge in [0.15, 0.2) is 0 Å². The number of fused-ring (bicyclic) bond motifs is 1. The summed E-state index contributed by atoms with van der Waals surface area (Å²) in [6, 6.07) is 39.0. The van der Waals surface area contributed by atoms with Gasteiger partial charge in [0.05, 0.1) is 58.5 Å². The average Bonchev–Trinajstić information content (AvgIpc) is 1.48. The number of carbonyl (C=O) groups excluding carboxylic acids is 1. The first-order valence-corrected chi connectivity index (χ1v) is 29.5. The third-order valence-corrected chi connectivity index (χ3v) is 15.0. The number of hydrogen-bond donors (Lipinski definition) is 4. The Bertz CT molecular complexity index is 4750. The van der Waals surface area contributed by atoms with Crippen molar-refractivity contribution in [2.75, 3.05) is 38.5 Å². The number of aliphatic imine (C=N–C) groups is 1. The Kier molecular flexibility index (Phi) is 24.1. The van der Waals surface area contributed by atoms with E-state index in [-0.39, 0.29) is 85.3 Å². The first-order valence-electron chi connectivity index (χ1n) is 29.5. The fourth-order valence-corrected chi connectivity index (χ4v) is 10.0. The molecule has 3 aromatic heterocycles. The van der Waals surface area contributed by atoms with Gasteiger partial charge in [-0.15, -0.1) is 26.3 Å². The molecule has 6 aromatic carbocycles. The summed E-state index contributed by atoms with van der Waals surface area (Å²) in [7, 11) is 9.02. The molecule has 0 unspecified atom stereocenters. The van der Waals surface area contributed by atoms with Gasteiger partial charge in [0, 0.05) is 52.5 Å². The first kappa shape index (κ1) is 73.6. The summed E-state index contributed by atoms with van der Waals surface area (Å²) < 4.78 is 105. The van der Waals surface area contributed by atoms with Gasteiger partial charge in [-0.2, -0.15) is 0 Å². The highest BCUT2D eigenvalue weighted by Gasteiger charge is 2.32. The number of methoxy groups -OCH3 is 3. The summed E-state index contributed by atoms with van der Waals surface area (Å²) in [6.07, 6.45) is -9.76. The predicted octanol–water partition coefficient (Wildman–Crippen LogP) is 7.20. The number of aryl methyl sites for hydroxylation is 1. The van der Waals surface area contributed by atoms with Crippen molar-refractivity contribution in [2.24, 2.45) is 26.1 Å². The standard InChI is InChI=1S/C23H22F3N3O5.C23H20F3N3O4.C13H16N4O3.C9H10O2/c1-28-20(27)19(12-16(30)10-15-4-3-5-18(11-15)34-23(24,25)26)21(31)29(22(28)32)13-14-6-8-17(33-2)9-7-14;1-28-20-19(21(30)29(22(28)31)13-14-6-8-17(32-2)9-7-14)12-16(27-20)10-15-4-3-5-18(11-15)33-23(24,25)26;1-16-11(15)10(14)12(18)17(13(16)19)7-8-3-5-9(20-2)6-4-8;1-7-3-2-4-8(5-7)6-9(10)11/h3-9,11H,10,12-13,27H2,1-2H3;3-9,11H,10,12-13H2,1-2H3;3-6H,7,14-15H2,1-2H3;2-5H,6H2,1H3,(H,10,11). The number of rotatable bonds is 19. The highest BCUT2D eigenvalue weighted by atomic mass is 19.4. The maximum Gasteiger partial charge on any atom is 0.573 e. The van der Waals surface area contributed by atoms with Crippen molar-refractivity contribution >= 4 is 40.6 Å². The maximum atomic E-state index is 13.1. The van der Waals surface area contributed by atoms with Gasteiger partial charge in [0.2, 0.25) is 0 Å². The van der Waals surface area contributed by atoms with Crippen LogP contribution in [0.4, 0.5) is 49.5 Å². The lowest BCUT2D eigenvalue weighted by Crippen LogP contribution is -2.42. The van der Waals surface area contributed by atoms with Crippen molar-refractivity contribution in [3.05, 3.63) is 258 Å². The van der Waals surface area contributed by atoms with Gasteiger partial charge >= 0.3 is 35.8 Å². The normalized spacial score (nSPS) is 11.5. The van der Waals surface area contributed by atoms with E-state index in [0.29, 0.717) is 39.7 Å². The number of nitrogens with zero attached hydrogens (tertiary/aromatic N) is 7. The lowest BCUT2D eigenvalue weighted by Gasteiger charge is -2.14. The van der Waals surface area contributed by atoms with Crippen molar-refractivity contribution in [1.82, 2.24) is 27.4 Å². The zero-order chi connectivity index (χ0) is 71.9. The molecule has 0 amide bonds. The number of anilines is 3. The lowest BCUT2D eigenvalue weighted by atomic mass is 10.0. The zero-order valence-electron chi connectivity index (χ0n) is 53.9. The zero-order valence-corrected chi connectivity index (χ0v) is 53.9. The number of carboxylic acids is 1. The second-order valence-electron chi connectivity index (χ2n) is 22.1. The summed E-state index contributed by atoms with van der Waals surface area (Å²) in [5.74, 6) is 0.0341. The quantitative estimate of drug-likeness (QED) is 0.0581. The van der Waals surface area contributed by atoms with Crippen LogP contribution in [0.1, 0.15) is 50.1 Å². The largest absolute Gasteiger partial charge is 0.573 e. The monoisotopic (exact) mass is 1360 g/mol. The van der Waals surface area contributed by atoms with Crippen molar-refractivity contribution in [3.8, 4) is 28.7 Å². The predicted molar refractivity (Wildman–Crippen MR) is 353 cm³/mol. The number of carboxylic acid groups (broad SMARTS) is 1. The van der Waals surface area contributed by atoms with Gasteiger partial charge in [-0.05, 0) is 101 Å². The molecule has 9 aromatic rings. The molecule has 4 heterocycles. The van der Waals surface area contributed by atoms with Crippen LogP contribution >= 0.6 is 0 Å². The van der Waals surface area contributed by atoms with Gasteiger partial charge in [-0.3, -0.25) is 51.4 Å². The molecule has 516 valence electrons. The number of nitrogen functional groups attached to an aromatic ring is 3. The molecular weight excluding hydrogens is 1290 g/mol. The maximum absolute atomic E-state index is 13.1. The van der Waals surface area contributed by atoms with E-state index in [1.165, 1.54) is 63.2 Å². The van der Waals surface area contributed by atoms with Crippen LogP contribution in [0.2, 0.25) is 0 Å². The lowest BCUT2D eigenvalue weighted by molar-refractivity contribution is -0.275. The van der Waals surface area contributed by atoms with Crippen LogP contribution < -0.4 is 74.6 Å². The SMILES string of the molecule is COc1ccc(Cn2c(=O)c(CC(=O)Cc3cccc(OC(F)(F)F)c3)c(N)n(C)c2=O)cc1.COc1ccc(Cn2c(=O)c(N)c(N)n(C)c2=O)cc1.COc1ccc(Cn2c(=O)c3c(n(C)c2=O)N=C(Cc2cccc(OC(F)(F)F)c2)C3)cc1.Cc1cccc(CC(=O)O)c1. The third kappa shape index (κ3) is 19.6. The van der Waals surface area contributed by atoms with Gasteiger partial charge < -0.3 is 46.0 Å². The average molecular weight is 1360 g/mol. The number of ether oxygens (including phenoxy) is 5. The van der Waals surface area contributed by atoms with E-state index in [2.05, 4.69) is 14.5 Å². The van der Waals surface area contributed by atoms with Gasteiger partial charge in [-0.25, -0.2) is 19.4 Å². The van der Waals surface area contributed by atoms with Crippen LogP contribution in [0, 0.1) is 6.92 Å². The summed E-state index contributed by atoms with van der Waals surface area (Å²) in [5.41, 5.74) is 19.5. The number of Topliss-reactive ketones (excluding diaryl/α,β-unsaturated/α-hetero) is 1. The molecule has 0 saturated heterocycles. The fourth-order valence-electron chi connectivity index (χ4n) is 10.0. The van der Waals surface area contributed by atoms with Crippen molar-refractivity contribution < 1.29 is 64.7 Å². The molecule has 30 heteroatoms. The van der Waals surface area contributed by atoms with Crippen LogP contribution in [0.3, 0.4) is 0 Å². The minimum Gasteiger partial charge on any atom is -0.497 e. The number of aromatic nitrogens is 6. The fraction of sp³-hybridized carbons (Fsp3) is 0.250. The van der Waals surface area contributed by atoms with Crippen molar-refractivity contribution in [2.45, 2.75) is 71.4 Å². The van der Waals surface area contributed by atoms with Crippen LogP contribution in [0.5, 0.6) is 28.7 Å². The van der Waals surface area contributed by atoms with E-state index in [4.69, 9.17) is 36.5 Å². The molecule has 1 aliphatic rings. The molecule has 10 rings (SSSR count). The molecule has 98 heavy (non-hydrogen) atoms. The minimum atomic E-state index is -4.86. The van der Waals surface area contributed by atoms with Crippen LogP contribution in [-0.4, -0.2) is 84.0 Å². The van der Waals surface area contributed by atoms with Crippen molar-refractivity contribution in [1.29, 1.82) is 0 Å². The Morgan fingerprint density at radius 1 is 0.490 bits per heavy atom. The molecule has 0 aliphatic carbocycles. The van der Waals surface area contributed by atoms with Crippen LogP contribution in [0.25, 0.3) is 0 Å². The number of alkyl halides is 6. The number of hydrogen-bond acceptors (Lipinski definition) is 17. The highest BCUT2D eigenvalue weighted by Crippen LogP contribution is 2.28. The Morgan fingerprint density at radius 3 is 1.35 bits per heavy atom. The van der Waals surface area contributed by atoms with Gasteiger partial charge in [-0.1, -0.05) is 90.5 Å². The van der Waals surface area contributed by atoms with E-state index in [1.807, 2.05) is 31.2 Å². The van der Waals surface area contributed by atoms with E-state index in [1.54, 1.807) is 93.1 Å². The molecule has 0 atom stereocenters. The van der Waals surface area contributed by atoms with Crippen LogP contribution in [0.15, 0.2) is 179 Å². The Hall–Kier alpha value is -11.9. The molecule has 24 nitrogen and oxygen atoms in total. The molecule has 0 spiro atoms. The molecule has 0 radical (unpaired) electrons. The number of halogens is 6. The number of benzene rings is 6. The minimum absolute atomic E-state index is 0.0222. The number of carbonyl (C=O) groups is 2. The van der Waals surface area contributed by atoms with E-state index in [0.717, 1.165) is 57.2 Å². The molecule has 0 bridgehead atoms. The topological polar surface area (TPSA) is 323 Å². The Morgan fingerprint density at radius 2 is 0.898 bits per heavy atom. The molecular formula is C68H68F6N10O14. The molecule has 0 saturated carbocycles. The van der Waals surface area contributed by atoms with E-state index >= 15 is 0 Å². The second kappa shape index (κ2) is 32.1. The number of nitrogens with two attached hydrogens (primary N) is 3. The number of aliphatic carboxylic acids is 1. The summed E-state index contributed by atoms with van der Waals surface area (Å²) in [5, 5.41) is 8.46. The molecule has 7 N–H and O–H groups in total. The van der Waals surface area contributed by atoms with Crippen molar-refractivity contribution in [3.63, 3.8) is 0 Å². The molecule has 0 fully saturated rings. The van der Waals surface area contributed by atoms with Crippen LogP contribution in [-0.2, 0) is 82.5 Å². The second-order valence-corrected chi connectivity index (χ2v) is 22.1. The molecule has 1 aliphatic heterocycles.